The zero-order chi connectivity index (χ0) is 20.4. The molecular weight excluding hydrogens is 422 g/mol. The van der Waals surface area contributed by atoms with Gasteiger partial charge in [-0.15, -0.1) is 11.3 Å². The second-order valence-corrected chi connectivity index (χ2v) is 6.58. The summed E-state index contributed by atoms with van der Waals surface area (Å²) in [5.74, 6) is 0.649. The van der Waals surface area contributed by atoms with Crippen molar-refractivity contribution in [3.63, 3.8) is 0 Å². The standard InChI is InChI=1S/C15H7ClF6N2O2S/c16-12-9(17)4-10(27-12)13(25)23-8-3-7(1-2-15(20,21)22)14(26)24(5-8)6-11(18)19/h3-5,11H,6H2,(H,23,25). The quantitative estimate of drug-likeness (QED) is 0.588. The van der Waals surface area contributed by atoms with E-state index in [4.69, 9.17) is 11.6 Å². The molecule has 2 rings (SSSR count). The van der Waals surface area contributed by atoms with Crippen LogP contribution in [0.25, 0.3) is 0 Å². The van der Waals surface area contributed by atoms with E-state index in [0.29, 0.717) is 15.9 Å². The first-order valence-corrected chi connectivity index (χ1v) is 8.04. The predicted octanol–water partition coefficient (Wildman–Crippen LogP) is 4.13. The van der Waals surface area contributed by atoms with E-state index in [1.807, 2.05) is 0 Å². The highest BCUT2D eigenvalue weighted by molar-refractivity contribution is 7.18. The first kappa shape index (κ1) is 20.9. The molecule has 4 nitrogen and oxygen atoms in total. The molecule has 12 heteroatoms. The third-order valence-corrected chi connectivity index (χ3v) is 4.20. The minimum absolute atomic E-state index is 0.174. The van der Waals surface area contributed by atoms with Crippen LogP contribution in [-0.2, 0) is 6.54 Å². The number of alkyl halides is 5. The van der Waals surface area contributed by atoms with Gasteiger partial charge in [-0.2, -0.15) is 13.2 Å². The Labute approximate surface area is 156 Å². The summed E-state index contributed by atoms with van der Waals surface area (Å²) in [5.41, 5.74) is -2.21. The summed E-state index contributed by atoms with van der Waals surface area (Å²) in [6, 6.07) is 1.62. The molecule has 1 amide bonds. The Morgan fingerprint density at radius 3 is 2.52 bits per heavy atom. The van der Waals surface area contributed by atoms with Crippen molar-refractivity contribution in [2.45, 2.75) is 19.1 Å². The lowest BCUT2D eigenvalue weighted by Gasteiger charge is -2.10. The zero-order valence-corrected chi connectivity index (χ0v) is 14.4. The summed E-state index contributed by atoms with van der Waals surface area (Å²) in [6.07, 6.45) is -7.08. The number of carbonyl (C=O) groups excluding carboxylic acids is 1. The number of thiophene rings is 1. The number of nitrogens with one attached hydrogen (secondary N) is 1. The van der Waals surface area contributed by atoms with Gasteiger partial charge in [0.1, 0.15) is 4.34 Å². The summed E-state index contributed by atoms with van der Waals surface area (Å²) >= 11 is 6.09. The summed E-state index contributed by atoms with van der Waals surface area (Å²) in [5, 5.41) is 2.17. The van der Waals surface area contributed by atoms with Crippen LogP contribution in [-0.4, -0.2) is 23.1 Å². The molecular formula is C15H7ClF6N2O2S. The monoisotopic (exact) mass is 428 g/mol. The zero-order valence-electron chi connectivity index (χ0n) is 12.8. The lowest BCUT2D eigenvalue weighted by Crippen LogP contribution is -2.26. The van der Waals surface area contributed by atoms with Crippen LogP contribution in [0.2, 0.25) is 4.34 Å². The van der Waals surface area contributed by atoms with Gasteiger partial charge in [0.25, 0.3) is 17.9 Å². The second-order valence-electron chi connectivity index (χ2n) is 4.93. The molecule has 0 atom stereocenters. The van der Waals surface area contributed by atoms with Crippen molar-refractivity contribution in [2.75, 3.05) is 5.32 Å². The number of anilines is 1. The van der Waals surface area contributed by atoms with Crippen LogP contribution in [0.4, 0.5) is 32.0 Å². The van der Waals surface area contributed by atoms with Crippen LogP contribution >= 0.6 is 22.9 Å². The van der Waals surface area contributed by atoms with E-state index in [0.717, 1.165) is 24.3 Å². The van der Waals surface area contributed by atoms with Gasteiger partial charge in [0, 0.05) is 12.1 Å². The molecule has 0 aliphatic carbocycles. The Kier molecular flexibility index (Phi) is 6.22. The van der Waals surface area contributed by atoms with Crippen LogP contribution in [0.1, 0.15) is 15.2 Å². The maximum Gasteiger partial charge on any atom is 0.458 e. The number of hydrogen-bond donors (Lipinski definition) is 1. The molecule has 27 heavy (non-hydrogen) atoms. The highest BCUT2D eigenvalue weighted by atomic mass is 35.5. The van der Waals surface area contributed by atoms with Crippen LogP contribution in [0.5, 0.6) is 0 Å². The number of pyridine rings is 1. The van der Waals surface area contributed by atoms with Gasteiger partial charge < -0.3 is 9.88 Å². The van der Waals surface area contributed by atoms with Crippen molar-refractivity contribution >= 4 is 34.5 Å². The van der Waals surface area contributed by atoms with Crippen molar-refractivity contribution in [2.24, 2.45) is 0 Å². The van der Waals surface area contributed by atoms with Gasteiger partial charge in [-0.1, -0.05) is 17.5 Å². The largest absolute Gasteiger partial charge is 0.458 e. The maximum absolute atomic E-state index is 13.2. The molecule has 0 aliphatic heterocycles. The molecule has 2 aromatic heterocycles. The highest BCUT2D eigenvalue weighted by Crippen LogP contribution is 2.26. The highest BCUT2D eigenvalue weighted by Gasteiger charge is 2.23. The number of rotatable bonds is 4. The lowest BCUT2D eigenvalue weighted by molar-refractivity contribution is -0.0696. The van der Waals surface area contributed by atoms with E-state index >= 15 is 0 Å². The third kappa shape index (κ3) is 5.77. The van der Waals surface area contributed by atoms with E-state index in [1.165, 1.54) is 0 Å². The van der Waals surface area contributed by atoms with Gasteiger partial charge in [0.15, 0.2) is 5.82 Å². The van der Waals surface area contributed by atoms with E-state index in [2.05, 4.69) is 5.32 Å². The Hall–Kier alpha value is -2.45. The van der Waals surface area contributed by atoms with Crippen molar-refractivity contribution in [3.05, 3.63) is 49.3 Å². The first-order valence-electron chi connectivity index (χ1n) is 6.85. The summed E-state index contributed by atoms with van der Waals surface area (Å²) in [7, 11) is 0. The first-order chi connectivity index (χ1) is 12.5. The minimum Gasteiger partial charge on any atom is -0.320 e. The Bertz CT molecular complexity index is 967. The average Bonchev–Trinajstić information content (AvgIpc) is 2.87. The van der Waals surface area contributed by atoms with E-state index in [-0.39, 0.29) is 14.9 Å². The molecule has 144 valence electrons. The van der Waals surface area contributed by atoms with Gasteiger partial charge in [-0.05, 0) is 12.1 Å². The fourth-order valence-electron chi connectivity index (χ4n) is 1.87. The molecule has 0 aliphatic rings. The molecule has 0 aromatic carbocycles. The molecule has 2 aromatic rings. The third-order valence-electron chi connectivity index (χ3n) is 2.89. The summed E-state index contributed by atoms with van der Waals surface area (Å²) in [6.45, 7) is -1.12. The summed E-state index contributed by atoms with van der Waals surface area (Å²) < 4.78 is 75.2. The Morgan fingerprint density at radius 1 is 1.33 bits per heavy atom. The Balaban J connectivity index is 2.43. The topological polar surface area (TPSA) is 51.1 Å². The molecule has 0 radical (unpaired) electrons. The molecule has 0 saturated carbocycles. The maximum atomic E-state index is 13.2. The van der Waals surface area contributed by atoms with Gasteiger partial charge in [0.2, 0.25) is 0 Å². The van der Waals surface area contributed by atoms with Gasteiger partial charge in [-0.25, -0.2) is 13.2 Å². The van der Waals surface area contributed by atoms with Crippen LogP contribution in [0.15, 0.2) is 23.1 Å². The van der Waals surface area contributed by atoms with Gasteiger partial charge in [0.05, 0.1) is 22.7 Å². The fourth-order valence-corrected chi connectivity index (χ4v) is 2.83. The normalized spacial score (nSPS) is 11.3. The molecule has 0 spiro atoms. The molecule has 0 fully saturated rings. The second kappa shape index (κ2) is 8.06. The van der Waals surface area contributed by atoms with E-state index in [1.54, 1.807) is 5.92 Å². The smallest absolute Gasteiger partial charge is 0.320 e. The van der Waals surface area contributed by atoms with Crippen molar-refractivity contribution in [1.82, 2.24) is 4.57 Å². The molecule has 0 saturated heterocycles. The molecule has 2 heterocycles. The molecule has 0 unspecified atom stereocenters. The Morgan fingerprint density at radius 2 is 2.00 bits per heavy atom. The van der Waals surface area contributed by atoms with Crippen molar-refractivity contribution in [3.8, 4) is 11.8 Å². The van der Waals surface area contributed by atoms with E-state index < -0.39 is 42.0 Å². The number of amides is 1. The van der Waals surface area contributed by atoms with Crippen molar-refractivity contribution < 1.29 is 31.1 Å². The SMILES string of the molecule is O=C(Nc1cc(C#CC(F)(F)F)c(=O)n(CC(F)F)c1)c1cc(F)c(Cl)s1. The molecule has 0 bridgehead atoms. The van der Waals surface area contributed by atoms with Crippen LogP contribution in [0.3, 0.4) is 0 Å². The van der Waals surface area contributed by atoms with E-state index in [9.17, 15) is 35.9 Å². The number of nitrogens with zero attached hydrogens (tertiary/aromatic N) is 1. The lowest BCUT2D eigenvalue weighted by atomic mass is 10.2. The predicted molar refractivity (Wildman–Crippen MR) is 86.9 cm³/mol. The minimum atomic E-state index is -4.91. The van der Waals surface area contributed by atoms with Crippen LogP contribution < -0.4 is 10.9 Å². The number of carbonyl (C=O) groups is 1. The number of halogens is 7. The van der Waals surface area contributed by atoms with Gasteiger partial charge in [-0.3, -0.25) is 9.59 Å². The molecule has 1 N–H and O–H groups in total. The number of aromatic nitrogens is 1. The van der Waals surface area contributed by atoms with Gasteiger partial charge >= 0.3 is 6.18 Å². The average molecular weight is 429 g/mol. The van der Waals surface area contributed by atoms with Crippen LogP contribution in [0, 0.1) is 17.7 Å². The number of hydrogen-bond acceptors (Lipinski definition) is 3. The van der Waals surface area contributed by atoms with Crippen molar-refractivity contribution in [1.29, 1.82) is 0 Å². The summed E-state index contributed by atoms with van der Waals surface area (Å²) in [4.78, 5) is 23.8. The fraction of sp³-hybridized carbons (Fsp3) is 0.200.